The van der Waals surface area contributed by atoms with Crippen molar-refractivity contribution < 1.29 is 0 Å². The second-order valence-electron chi connectivity index (χ2n) is 9.26. The predicted molar refractivity (Wildman–Crippen MR) is 124 cm³/mol. The van der Waals surface area contributed by atoms with Crippen molar-refractivity contribution in [2.75, 3.05) is 0 Å². The molecule has 1 heterocycles. The van der Waals surface area contributed by atoms with Crippen LogP contribution in [-0.4, -0.2) is 4.57 Å². The molecule has 3 aliphatic carbocycles. The molecule has 30 heavy (non-hydrogen) atoms. The standard InChI is InChI=1S/C29H21N/c1-2-4-23(5-3-1)30-27-16-20-9-8-19(20)15-26(27)24-11-10-21-13-22-12-17-6-7-18(17)14-25(22)28(21)29(24)30/h1-5,10-12,14-16H,6-9,13H2. The summed E-state index contributed by atoms with van der Waals surface area (Å²) in [5.74, 6) is 0. The highest BCUT2D eigenvalue weighted by Gasteiger charge is 2.28. The molecule has 0 bridgehead atoms. The van der Waals surface area contributed by atoms with Gasteiger partial charge < -0.3 is 4.57 Å². The molecule has 0 atom stereocenters. The van der Waals surface area contributed by atoms with Crippen LogP contribution in [0.3, 0.4) is 0 Å². The van der Waals surface area contributed by atoms with E-state index in [1.54, 1.807) is 11.1 Å². The molecule has 4 aromatic carbocycles. The van der Waals surface area contributed by atoms with Crippen LogP contribution in [0.2, 0.25) is 0 Å². The van der Waals surface area contributed by atoms with Crippen molar-refractivity contribution in [1.82, 2.24) is 4.57 Å². The van der Waals surface area contributed by atoms with E-state index in [1.807, 2.05) is 0 Å². The molecule has 1 heteroatoms. The van der Waals surface area contributed by atoms with Crippen LogP contribution in [0.1, 0.15) is 33.4 Å². The third kappa shape index (κ3) is 1.80. The Morgan fingerprint density at radius 3 is 2.10 bits per heavy atom. The molecule has 0 unspecified atom stereocenters. The fourth-order valence-electron chi connectivity index (χ4n) is 6.01. The van der Waals surface area contributed by atoms with Gasteiger partial charge in [0, 0.05) is 22.0 Å². The van der Waals surface area contributed by atoms with Crippen LogP contribution in [0.5, 0.6) is 0 Å². The lowest BCUT2D eigenvalue weighted by Crippen LogP contribution is -2.08. The minimum absolute atomic E-state index is 1.07. The highest BCUT2D eigenvalue weighted by molar-refractivity contribution is 6.15. The van der Waals surface area contributed by atoms with Gasteiger partial charge in [-0.15, -0.1) is 0 Å². The van der Waals surface area contributed by atoms with Gasteiger partial charge in [0.2, 0.25) is 0 Å². The zero-order valence-electron chi connectivity index (χ0n) is 16.8. The number of nitrogens with zero attached hydrogens (tertiary/aromatic N) is 1. The second-order valence-corrected chi connectivity index (χ2v) is 9.26. The van der Waals surface area contributed by atoms with Gasteiger partial charge in [0.15, 0.2) is 0 Å². The quantitative estimate of drug-likeness (QED) is 0.303. The molecule has 1 nitrogen and oxygen atoms in total. The number of hydrogen-bond acceptors (Lipinski definition) is 0. The monoisotopic (exact) mass is 383 g/mol. The summed E-state index contributed by atoms with van der Waals surface area (Å²) in [5, 5.41) is 2.81. The molecule has 0 spiro atoms. The Hall–Kier alpha value is -3.32. The highest BCUT2D eigenvalue weighted by atomic mass is 15.0. The number of benzene rings is 4. The smallest absolute Gasteiger partial charge is 0.0622 e. The molecular formula is C29H21N. The Bertz CT molecular complexity index is 1550. The average Bonchev–Trinajstić information content (AvgIpc) is 3.25. The topological polar surface area (TPSA) is 4.93 Å². The Morgan fingerprint density at radius 2 is 1.30 bits per heavy atom. The summed E-state index contributed by atoms with van der Waals surface area (Å²) >= 11 is 0. The summed E-state index contributed by atoms with van der Waals surface area (Å²) < 4.78 is 2.54. The Morgan fingerprint density at radius 1 is 0.567 bits per heavy atom. The fraction of sp³-hybridized carbons (Fsp3) is 0.172. The van der Waals surface area contributed by atoms with Crippen molar-refractivity contribution >= 4 is 21.8 Å². The summed E-state index contributed by atoms with van der Waals surface area (Å²) in [7, 11) is 0. The van der Waals surface area contributed by atoms with Crippen molar-refractivity contribution in [3.05, 3.63) is 100 Å². The van der Waals surface area contributed by atoms with E-state index in [9.17, 15) is 0 Å². The maximum Gasteiger partial charge on any atom is 0.0622 e. The summed E-state index contributed by atoms with van der Waals surface area (Å²) in [6, 6.07) is 25.6. The molecule has 8 rings (SSSR count). The number of rotatable bonds is 1. The van der Waals surface area contributed by atoms with E-state index in [4.69, 9.17) is 0 Å². The first-order valence-electron chi connectivity index (χ1n) is 11.2. The van der Waals surface area contributed by atoms with Crippen LogP contribution in [0, 0.1) is 0 Å². The molecule has 0 saturated carbocycles. The predicted octanol–water partition coefficient (Wildman–Crippen LogP) is 6.55. The van der Waals surface area contributed by atoms with E-state index in [-0.39, 0.29) is 0 Å². The number of para-hydroxylation sites is 1. The molecule has 1 aromatic heterocycles. The highest BCUT2D eigenvalue weighted by Crippen LogP contribution is 2.47. The minimum Gasteiger partial charge on any atom is -0.309 e. The SMILES string of the molecule is c1ccc(-n2c3cc4c(cc3c3ccc5c(c32)-c2cc3c(cc2C5)CC3)CC4)cc1. The molecule has 0 amide bonds. The van der Waals surface area contributed by atoms with Gasteiger partial charge in [-0.25, -0.2) is 0 Å². The zero-order chi connectivity index (χ0) is 19.4. The van der Waals surface area contributed by atoms with Crippen molar-refractivity contribution in [2.45, 2.75) is 32.1 Å². The average molecular weight is 383 g/mol. The molecule has 3 aliphatic rings. The third-order valence-electron chi connectivity index (χ3n) is 7.75. The van der Waals surface area contributed by atoms with E-state index >= 15 is 0 Å². The number of fused-ring (bicyclic) bond motifs is 9. The van der Waals surface area contributed by atoms with Crippen molar-refractivity contribution in [2.24, 2.45) is 0 Å². The Balaban J connectivity index is 1.57. The molecule has 0 fully saturated rings. The van der Waals surface area contributed by atoms with Crippen molar-refractivity contribution in [3.63, 3.8) is 0 Å². The summed E-state index contributed by atoms with van der Waals surface area (Å²) in [5.41, 5.74) is 16.2. The first-order valence-corrected chi connectivity index (χ1v) is 11.2. The van der Waals surface area contributed by atoms with E-state index in [2.05, 4.69) is 71.3 Å². The van der Waals surface area contributed by atoms with Crippen LogP contribution in [-0.2, 0) is 32.1 Å². The molecule has 0 N–H and O–H groups in total. The lowest BCUT2D eigenvalue weighted by Gasteiger charge is -2.21. The zero-order valence-corrected chi connectivity index (χ0v) is 16.8. The summed E-state index contributed by atoms with van der Waals surface area (Å²) in [6.45, 7) is 0. The number of aromatic nitrogens is 1. The normalized spacial score (nSPS) is 15.3. The van der Waals surface area contributed by atoms with Gasteiger partial charge >= 0.3 is 0 Å². The lowest BCUT2D eigenvalue weighted by atomic mass is 9.85. The van der Waals surface area contributed by atoms with E-state index in [0.29, 0.717) is 0 Å². The van der Waals surface area contributed by atoms with Gasteiger partial charge in [-0.05, 0) is 95.3 Å². The van der Waals surface area contributed by atoms with Gasteiger partial charge in [0.25, 0.3) is 0 Å². The molecule has 5 aromatic rings. The lowest BCUT2D eigenvalue weighted by molar-refractivity contribution is 0.837. The largest absolute Gasteiger partial charge is 0.309 e. The first-order chi connectivity index (χ1) is 14.8. The van der Waals surface area contributed by atoms with Crippen LogP contribution in [0.15, 0.2) is 66.7 Å². The van der Waals surface area contributed by atoms with E-state index < -0.39 is 0 Å². The van der Waals surface area contributed by atoms with Crippen LogP contribution >= 0.6 is 0 Å². The summed E-state index contributed by atoms with van der Waals surface area (Å²) in [6.07, 6.45) is 6.01. The number of aryl methyl sites for hydroxylation is 4. The van der Waals surface area contributed by atoms with E-state index in [0.717, 1.165) is 6.42 Å². The Labute approximate surface area is 175 Å². The molecule has 0 aliphatic heterocycles. The maximum atomic E-state index is 2.54. The van der Waals surface area contributed by atoms with Crippen molar-refractivity contribution in [3.8, 4) is 16.8 Å². The van der Waals surface area contributed by atoms with Gasteiger partial charge in [-0.3, -0.25) is 0 Å². The molecule has 0 saturated heterocycles. The maximum absolute atomic E-state index is 2.54. The third-order valence-corrected chi connectivity index (χ3v) is 7.75. The van der Waals surface area contributed by atoms with Crippen LogP contribution < -0.4 is 0 Å². The van der Waals surface area contributed by atoms with Gasteiger partial charge in [0.1, 0.15) is 0 Å². The minimum atomic E-state index is 1.07. The number of hydrogen-bond donors (Lipinski definition) is 0. The second kappa shape index (κ2) is 5.23. The van der Waals surface area contributed by atoms with Crippen LogP contribution in [0.4, 0.5) is 0 Å². The molecule has 0 radical (unpaired) electrons. The summed E-state index contributed by atoms with van der Waals surface area (Å²) in [4.78, 5) is 0. The van der Waals surface area contributed by atoms with Crippen molar-refractivity contribution in [1.29, 1.82) is 0 Å². The fourth-order valence-corrected chi connectivity index (χ4v) is 6.01. The van der Waals surface area contributed by atoms with Gasteiger partial charge in [0.05, 0.1) is 11.0 Å². The Kier molecular flexibility index (Phi) is 2.70. The molecular weight excluding hydrogens is 362 g/mol. The molecule has 142 valence electrons. The van der Waals surface area contributed by atoms with Gasteiger partial charge in [-0.1, -0.05) is 42.5 Å². The van der Waals surface area contributed by atoms with Crippen LogP contribution in [0.25, 0.3) is 38.6 Å². The van der Waals surface area contributed by atoms with E-state index in [1.165, 1.54) is 86.6 Å². The van der Waals surface area contributed by atoms with Gasteiger partial charge in [-0.2, -0.15) is 0 Å². The first kappa shape index (κ1) is 15.5.